The summed E-state index contributed by atoms with van der Waals surface area (Å²) in [7, 11) is 0. The molecule has 82 valence electrons. The fraction of sp³-hybridized carbons (Fsp3) is 0.909. The minimum atomic E-state index is 0.137. The van der Waals surface area contributed by atoms with Crippen molar-refractivity contribution >= 4 is 5.91 Å². The largest absolute Gasteiger partial charge is 0.354 e. The van der Waals surface area contributed by atoms with E-state index >= 15 is 0 Å². The van der Waals surface area contributed by atoms with Crippen LogP contribution in [0.4, 0.5) is 0 Å². The van der Waals surface area contributed by atoms with Gasteiger partial charge in [-0.2, -0.15) is 0 Å². The molecule has 3 heteroatoms. The molecular weight excluding hydrogens is 176 g/mol. The highest BCUT2D eigenvalue weighted by atomic mass is 16.1. The van der Waals surface area contributed by atoms with Gasteiger partial charge in [-0.1, -0.05) is 13.8 Å². The quantitative estimate of drug-likeness (QED) is 0.605. The summed E-state index contributed by atoms with van der Waals surface area (Å²) in [6.45, 7) is 6.56. The molecule has 1 aliphatic rings. The smallest absolute Gasteiger partial charge is 0.233 e. The van der Waals surface area contributed by atoms with Crippen molar-refractivity contribution in [1.82, 2.24) is 10.6 Å². The fourth-order valence-electron chi connectivity index (χ4n) is 1.56. The molecule has 0 heterocycles. The Balaban J connectivity index is 2.03. The second-order valence-electron chi connectivity index (χ2n) is 4.31. The van der Waals surface area contributed by atoms with Crippen LogP contribution in [-0.4, -0.2) is 25.5 Å². The molecule has 1 rings (SSSR count). The summed E-state index contributed by atoms with van der Waals surface area (Å²) in [5.41, 5.74) is 0.459. The molecule has 0 aliphatic heterocycles. The lowest BCUT2D eigenvalue weighted by Crippen LogP contribution is -2.37. The first-order chi connectivity index (χ1) is 6.72. The molecular formula is C11H22N2O. The summed E-state index contributed by atoms with van der Waals surface area (Å²) in [4.78, 5) is 11.3. The second-order valence-corrected chi connectivity index (χ2v) is 4.31. The van der Waals surface area contributed by atoms with E-state index in [0.717, 1.165) is 19.5 Å². The lowest BCUT2D eigenvalue weighted by atomic mass is 10.0. The highest BCUT2D eigenvalue weighted by Crippen LogP contribution is 2.47. The van der Waals surface area contributed by atoms with E-state index in [1.807, 2.05) is 0 Å². The number of carbonyl (C=O) groups is 1. The number of hydrogen-bond acceptors (Lipinski definition) is 2. The summed E-state index contributed by atoms with van der Waals surface area (Å²) in [5, 5.41) is 6.09. The van der Waals surface area contributed by atoms with E-state index in [1.165, 1.54) is 19.3 Å². The lowest BCUT2D eigenvalue weighted by Gasteiger charge is -2.13. The maximum absolute atomic E-state index is 11.3. The minimum Gasteiger partial charge on any atom is -0.354 e. The maximum Gasteiger partial charge on any atom is 0.233 e. The third-order valence-corrected chi connectivity index (χ3v) is 3.08. The van der Waals surface area contributed by atoms with Crippen molar-refractivity contribution in [1.29, 1.82) is 0 Å². The molecule has 0 aromatic heterocycles. The Morgan fingerprint density at radius 2 is 2.07 bits per heavy atom. The topological polar surface area (TPSA) is 41.1 Å². The number of amides is 1. The van der Waals surface area contributed by atoms with E-state index in [4.69, 9.17) is 0 Å². The Morgan fingerprint density at radius 3 is 2.57 bits per heavy atom. The molecule has 14 heavy (non-hydrogen) atoms. The van der Waals surface area contributed by atoms with Gasteiger partial charge in [-0.15, -0.1) is 0 Å². The Hall–Kier alpha value is -0.570. The van der Waals surface area contributed by atoms with E-state index in [0.29, 0.717) is 12.0 Å². The summed E-state index contributed by atoms with van der Waals surface area (Å²) >= 11 is 0. The van der Waals surface area contributed by atoms with Crippen molar-refractivity contribution in [2.75, 3.05) is 19.6 Å². The summed E-state index contributed by atoms with van der Waals surface area (Å²) < 4.78 is 0. The minimum absolute atomic E-state index is 0.137. The van der Waals surface area contributed by atoms with Crippen LogP contribution in [0, 0.1) is 5.41 Å². The van der Waals surface area contributed by atoms with Crippen molar-refractivity contribution in [2.45, 2.75) is 39.5 Å². The highest BCUT2D eigenvalue weighted by molar-refractivity contribution is 5.78. The van der Waals surface area contributed by atoms with Gasteiger partial charge in [0.25, 0.3) is 0 Å². The highest BCUT2D eigenvalue weighted by Gasteiger charge is 2.40. The van der Waals surface area contributed by atoms with Crippen molar-refractivity contribution in [3.05, 3.63) is 0 Å². The van der Waals surface area contributed by atoms with Crippen LogP contribution < -0.4 is 10.6 Å². The summed E-state index contributed by atoms with van der Waals surface area (Å²) in [5.74, 6) is 0.137. The van der Waals surface area contributed by atoms with Gasteiger partial charge in [0, 0.05) is 6.54 Å². The van der Waals surface area contributed by atoms with Gasteiger partial charge in [0.05, 0.1) is 6.54 Å². The molecule has 1 amide bonds. The standard InChI is InChI=1S/C11H22N2O/c1-3-7-12-8-10(14)13-9-11(4-2)5-6-11/h12H,3-9H2,1-2H3,(H,13,14). The monoisotopic (exact) mass is 198 g/mol. The Bertz CT molecular complexity index is 188. The predicted molar refractivity (Wildman–Crippen MR) is 58.1 cm³/mol. The molecule has 0 atom stereocenters. The zero-order valence-electron chi connectivity index (χ0n) is 9.36. The van der Waals surface area contributed by atoms with Crippen molar-refractivity contribution in [2.24, 2.45) is 5.41 Å². The van der Waals surface area contributed by atoms with Crippen LogP contribution in [0.25, 0.3) is 0 Å². The summed E-state index contributed by atoms with van der Waals surface area (Å²) in [6.07, 6.45) is 4.83. The molecule has 0 saturated heterocycles. The average Bonchev–Trinajstić information content (AvgIpc) is 2.96. The molecule has 0 aromatic carbocycles. The van der Waals surface area contributed by atoms with Gasteiger partial charge in [-0.25, -0.2) is 0 Å². The van der Waals surface area contributed by atoms with Crippen LogP contribution in [0.1, 0.15) is 39.5 Å². The molecule has 1 fully saturated rings. The van der Waals surface area contributed by atoms with Crippen LogP contribution in [0.15, 0.2) is 0 Å². The van der Waals surface area contributed by atoms with Crippen LogP contribution >= 0.6 is 0 Å². The maximum atomic E-state index is 11.3. The van der Waals surface area contributed by atoms with Crippen LogP contribution in [0.3, 0.4) is 0 Å². The van der Waals surface area contributed by atoms with Crippen molar-refractivity contribution in [3.63, 3.8) is 0 Å². The third kappa shape index (κ3) is 3.66. The van der Waals surface area contributed by atoms with Crippen LogP contribution in [0.2, 0.25) is 0 Å². The molecule has 2 N–H and O–H groups in total. The first-order valence-electron chi connectivity index (χ1n) is 5.70. The number of hydrogen-bond donors (Lipinski definition) is 2. The van der Waals surface area contributed by atoms with Crippen LogP contribution in [-0.2, 0) is 4.79 Å². The van der Waals surface area contributed by atoms with Crippen molar-refractivity contribution in [3.8, 4) is 0 Å². The van der Waals surface area contributed by atoms with Gasteiger partial charge in [-0.05, 0) is 37.6 Å². The van der Waals surface area contributed by atoms with E-state index in [2.05, 4.69) is 24.5 Å². The first-order valence-corrected chi connectivity index (χ1v) is 5.70. The number of nitrogens with one attached hydrogen (secondary N) is 2. The van der Waals surface area contributed by atoms with E-state index < -0.39 is 0 Å². The second kappa shape index (κ2) is 5.35. The Kier molecular flexibility index (Phi) is 4.39. The average molecular weight is 198 g/mol. The van der Waals surface area contributed by atoms with Gasteiger partial charge in [0.2, 0.25) is 5.91 Å². The molecule has 0 spiro atoms. The molecule has 3 nitrogen and oxygen atoms in total. The predicted octanol–water partition coefficient (Wildman–Crippen LogP) is 1.29. The van der Waals surface area contributed by atoms with Gasteiger partial charge >= 0.3 is 0 Å². The Morgan fingerprint density at radius 1 is 1.36 bits per heavy atom. The third-order valence-electron chi connectivity index (χ3n) is 3.08. The fourth-order valence-corrected chi connectivity index (χ4v) is 1.56. The van der Waals surface area contributed by atoms with Crippen LogP contribution in [0.5, 0.6) is 0 Å². The zero-order valence-corrected chi connectivity index (χ0v) is 9.36. The lowest BCUT2D eigenvalue weighted by molar-refractivity contribution is -0.120. The van der Waals surface area contributed by atoms with Gasteiger partial charge < -0.3 is 10.6 Å². The normalized spacial score (nSPS) is 17.9. The van der Waals surface area contributed by atoms with Gasteiger partial charge in [0.15, 0.2) is 0 Å². The van der Waals surface area contributed by atoms with E-state index in [1.54, 1.807) is 0 Å². The first kappa shape index (κ1) is 11.5. The zero-order chi connectivity index (χ0) is 10.4. The SMILES string of the molecule is CCCNCC(=O)NCC1(CC)CC1. The van der Waals surface area contributed by atoms with Gasteiger partial charge in [-0.3, -0.25) is 4.79 Å². The van der Waals surface area contributed by atoms with E-state index in [9.17, 15) is 4.79 Å². The molecule has 0 radical (unpaired) electrons. The number of carbonyl (C=O) groups excluding carboxylic acids is 1. The molecule has 0 unspecified atom stereocenters. The van der Waals surface area contributed by atoms with E-state index in [-0.39, 0.29) is 5.91 Å². The molecule has 1 saturated carbocycles. The molecule has 0 aromatic rings. The molecule has 1 aliphatic carbocycles. The Labute approximate surface area is 86.6 Å². The summed E-state index contributed by atoms with van der Waals surface area (Å²) in [6, 6.07) is 0. The number of rotatable bonds is 7. The molecule has 0 bridgehead atoms. The van der Waals surface area contributed by atoms with Crippen molar-refractivity contribution < 1.29 is 4.79 Å². The van der Waals surface area contributed by atoms with Gasteiger partial charge in [0.1, 0.15) is 0 Å².